The van der Waals surface area contributed by atoms with Gasteiger partial charge in [-0.25, -0.2) is 0 Å². The summed E-state index contributed by atoms with van der Waals surface area (Å²) in [4.78, 5) is 16.4. The average Bonchev–Trinajstić information content (AvgIpc) is 2.73. The van der Waals surface area contributed by atoms with Crippen molar-refractivity contribution in [3.8, 4) is 6.07 Å². The molecule has 2 aromatic rings. The molecule has 1 N–H and O–H groups in total. The second-order valence-electron chi connectivity index (χ2n) is 6.93. The summed E-state index contributed by atoms with van der Waals surface area (Å²) in [5.41, 5.74) is 1.01. The fraction of sp³-hybridized carbons (Fsp3) is 0.333. The molecular formula is C21H21F3N4O. The van der Waals surface area contributed by atoms with Crippen LogP contribution in [0.25, 0.3) is 0 Å². The molecule has 1 amide bonds. The van der Waals surface area contributed by atoms with Crippen LogP contribution in [0.1, 0.15) is 18.1 Å². The third-order valence-corrected chi connectivity index (χ3v) is 5.06. The number of anilines is 2. The van der Waals surface area contributed by atoms with Crippen molar-refractivity contribution < 1.29 is 18.0 Å². The van der Waals surface area contributed by atoms with Gasteiger partial charge in [-0.05, 0) is 49.4 Å². The summed E-state index contributed by atoms with van der Waals surface area (Å²) >= 11 is 0. The van der Waals surface area contributed by atoms with Gasteiger partial charge in [-0.1, -0.05) is 6.07 Å². The van der Waals surface area contributed by atoms with Gasteiger partial charge in [-0.3, -0.25) is 9.69 Å². The maximum atomic E-state index is 12.9. The van der Waals surface area contributed by atoms with Gasteiger partial charge >= 0.3 is 6.18 Å². The Balaban J connectivity index is 1.57. The van der Waals surface area contributed by atoms with Crippen molar-refractivity contribution in [1.29, 1.82) is 5.26 Å². The molecule has 0 spiro atoms. The Morgan fingerprint density at radius 1 is 1.10 bits per heavy atom. The van der Waals surface area contributed by atoms with E-state index in [1.807, 2.05) is 15.9 Å². The normalized spacial score (nSPS) is 16.2. The number of alkyl halides is 3. The highest BCUT2D eigenvalue weighted by molar-refractivity contribution is 5.94. The highest BCUT2D eigenvalue weighted by atomic mass is 19.4. The lowest BCUT2D eigenvalue weighted by atomic mass is 10.1. The number of halogens is 3. The molecule has 2 aromatic carbocycles. The molecule has 1 heterocycles. The third kappa shape index (κ3) is 5.06. The van der Waals surface area contributed by atoms with Gasteiger partial charge in [0.05, 0.1) is 23.2 Å². The van der Waals surface area contributed by atoms with E-state index in [4.69, 9.17) is 5.26 Å². The number of nitriles is 1. The van der Waals surface area contributed by atoms with E-state index in [0.29, 0.717) is 43.1 Å². The van der Waals surface area contributed by atoms with Crippen molar-refractivity contribution >= 4 is 17.3 Å². The first kappa shape index (κ1) is 20.7. The molecule has 152 valence electrons. The number of nitrogens with one attached hydrogen (secondary N) is 1. The van der Waals surface area contributed by atoms with Crippen molar-refractivity contribution in [3.05, 3.63) is 59.7 Å². The molecule has 8 heteroatoms. The Morgan fingerprint density at radius 3 is 2.34 bits per heavy atom. The molecule has 0 saturated carbocycles. The number of nitrogens with zero attached hydrogens (tertiary/aromatic N) is 3. The van der Waals surface area contributed by atoms with Crippen LogP contribution < -0.4 is 10.2 Å². The van der Waals surface area contributed by atoms with Crippen LogP contribution in [0.5, 0.6) is 0 Å². The molecule has 3 rings (SSSR count). The topological polar surface area (TPSA) is 59.4 Å². The van der Waals surface area contributed by atoms with Crippen LogP contribution in [0.15, 0.2) is 48.5 Å². The summed E-state index contributed by atoms with van der Waals surface area (Å²) < 4.78 is 38.8. The maximum Gasteiger partial charge on any atom is 0.416 e. The second kappa shape index (κ2) is 8.53. The van der Waals surface area contributed by atoms with Gasteiger partial charge < -0.3 is 10.2 Å². The van der Waals surface area contributed by atoms with Crippen molar-refractivity contribution in [1.82, 2.24) is 4.90 Å². The largest absolute Gasteiger partial charge is 0.416 e. The van der Waals surface area contributed by atoms with Crippen molar-refractivity contribution in [2.45, 2.75) is 19.1 Å². The standard InChI is InChI=1S/C21H21F3N4O/c1-15(20(29)26-18-7-5-16(14-25)6-8-18)27-9-11-28(12-10-27)19-4-2-3-17(13-19)21(22,23)24/h2-8,13,15H,9-12H2,1H3,(H,26,29)/t15-/m1/s1. The summed E-state index contributed by atoms with van der Waals surface area (Å²) in [5.74, 6) is -0.165. The predicted octanol–water partition coefficient (Wildman–Crippen LogP) is 3.73. The molecule has 0 bridgehead atoms. The number of carbonyl (C=O) groups is 1. The van der Waals surface area contributed by atoms with E-state index in [-0.39, 0.29) is 11.9 Å². The maximum absolute atomic E-state index is 12.9. The Hall–Kier alpha value is -3.05. The number of carbonyl (C=O) groups excluding carboxylic acids is 1. The van der Waals surface area contributed by atoms with E-state index < -0.39 is 11.7 Å². The summed E-state index contributed by atoms with van der Waals surface area (Å²) in [7, 11) is 0. The van der Waals surface area contributed by atoms with Crippen LogP contribution in [-0.2, 0) is 11.0 Å². The molecule has 5 nitrogen and oxygen atoms in total. The van der Waals surface area contributed by atoms with Gasteiger partial charge in [-0.2, -0.15) is 18.4 Å². The molecule has 1 aliphatic rings. The minimum absolute atomic E-state index is 0.165. The van der Waals surface area contributed by atoms with Crippen LogP contribution in [0, 0.1) is 11.3 Å². The van der Waals surface area contributed by atoms with Crippen LogP contribution in [-0.4, -0.2) is 43.0 Å². The lowest BCUT2D eigenvalue weighted by molar-refractivity contribution is -0.137. The van der Waals surface area contributed by atoms with E-state index in [2.05, 4.69) is 5.32 Å². The first-order valence-corrected chi connectivity index (χ1v) is 9.25. The highest BCUT2D eigenvalue weighted by Gasteiger charge is 2.31. The van der Waals surface area contributed by atoms with Gasteiger partial charge in [0, 0.05) is 37.6 Å². The average molecular weight is 402 g/mol. The van der Waals surface area contributed by atoms with Crippen molar-refractivity contribution in [2.75, 3.05) is 36.4 Å². The lowest BCUT2D eigenvalue weighted by Gasteiger charge is -2.38. The van der Waals surface area contributed by atoms with Crippen molar-refractivity contribution in [3.63, 3.8) is 0 Å². The molecular weight excluding hydrogens is 381 g/mol. The Morgan fingerprint density at radius 2 is 1.76 bits per heavy atom. The summed E-state index contributed by atoms with van der Waals surface area (Å²) in [6.45, 7) is 4.01. The summed E-state index contributed by atoms with van der Waals surface area (Å²) in [6, 6.07) is 13.6. The van der Waals surface area contributed by atoms with Gasteiger partial charge in [0.2, 0.25) is 5.91 Å². The smallest absolute Gasteiger partial charge is 0.369 e. The van der Waals surface area contributed by atoms with Crippen LogP contribution in [0.3, 0.4) is 0 Å². The molecule has 0 aromatic heterocycles. The predicted molar refractivity (Wildman–Crippen MR) is 104 cm³/mol. The molecule has 1 fully saturated rings. The van der Waals surface area contributed by atoms with E-state index in [9.17, 15) is 18.0 Å². The minimum Gasteiger partial charge on any atom is -0.369 e. The number of rotatable bonds is 4. The monoisotopic (exact) mass is 402 g/mol. The fourth-order valence-corrected chi connectivity index (χ4v) is 3.29. The zero-order chi connectivity index (χ0) is 21.0. The molecule has 0 aliphatic carbocycles. The molecule has 0 unspecified atom stereocenters. The first-order valence-electron chi connectivity index (χ1n) is 9.25. The summed E-state index contributed by atoms with van der Waals surface area (Å²) in [5, 5.41) is 11.7. The number of hydrogen-bond donors (Lipinski definition) is 1. The SMILES string of the molecule is C[C@H](C(=O)Nc1ccc(C#N)cc1)N1CCN(c2cccc(C(F)(F)F)c2)CC1. The van der Waals surface area contributed by atoms with E-state index >= 15 is 0 Å². The Bertz CT molecular complexity index is 897. The summed E-state index contributed by atoms with van der Waals surface area (Å²) in [6.07, 6.45) is -4.37. The van der Waals surface area contributed by atoms with Gasteiger partial charge in [-0.15, -0.1) is 0 Å². The van der Waals surface area contributed by atoms with E-state index in [1.165, 1.54) is 6.07 Å². The number of hydrogen-bond acceptors (Lipinski definition) is 4. The van der Waals surface area contributed by atoms with Crippen molar-refractivity contribution in [2.24, 2.45) is 0 Å². The number of amides is 1. The Kier molecular flexibility index (Phi) is 6.09. The number of piperazine rings is 1. The highest BCUT2D eigenvalue weighted by Crippen LogP contribution is 2.32. The fourth-order valence-electron chi connectivity index (χ4n) is 3.29. The number of benzene rings is 2. The molecule has 1 aliphatic heterocycles. The van der Waals surface area contributed by atoms with Gasteiger partial charge in [0.15, 0.2) is 0 Å². The molecule has 29 heavy (non-hydrogen) atoms. The molecule has 0 radical (unpaired) electrons. The molecule has 1 atom stereocenters. The quantitative estimate of drug-likeness (QED) is 0.847. The van der Waals surface area contributed by atoms with E-state index in [1.54, 1.807) is 37.3 Å². The second-order valence-corrected chi connectivity index (χ2v) is 6.93. The van der Waals surface area contributed by atoms with Crippen LogP contribution in [0.2, 0.25) is 0 Å². The zero-order valence-electron chi connectivity index (χ0n) is 15.9. The van der Waals surface area contributed by atoms with Crippen LogP contribution >= 0.6 is 0 Å². The van der Waals surface area contributed by atoms with E-state index in [0.717, 1.165) is 12.1 Å². The minimum atomic E-state index is -4.37. The Labute approximate surface area is 167 Å². The molecule has 1 saturated heterocycles. The van der Waals surface area contributed by atoms with Crippen LogP contribution in [0.4, 0.5) is 24.5 Å². The van der Waals surface area contributed by atoms with Gasteiger partial charge in [0.1, 0.15) is 0 Å². The zero-order valence-corrected chi connectivity index (χ0v) is 15.9. The third-order valence-electron chi connectivity index (χ3n) is 5.06. The first-order chi connectivity index (χ1) is 13.8. The van der Waals surface area contributed by atoms with Gasteiger partial charge in [0.25, 0.3) is 0 Å². The lowest BCUT2D eigenvalue weighted by Crippen LogP contribution is -2.52.